The number of hydrogen-bond acceptors (Lipinski definition) is 5. The van der Waals surface area contributed by atoms with Crippen molar-refractivity contribution < 1.29 is 4.74 Å². The Morgan fingerprint density at radius 1 is 1.04 bits per heavy atom. The van der Waals surface area contributed by atoms with Crippen LogP contribution in [-0.4, -0.2) is 33.5 Å². The first-order valence-corrected chi connectivity index (χ1v) is 9.18. The molecule has 3 aromatic rings. The molecule has 0 atom stereocenters. The lowest BCUT2D eigenvalue weighted by Gasteiger charge is -2.10. The maximum absolute atomic E-state index is 5.26. The molecule has 0 amide bonds. The maximum Gasteiger partial charge on any atom is 0.191 e. The van der Waals surface area contributed by atoms with Gasteiger partial charge in [0.05, 0.1) is 13.2 Å². The van der Waals surface area contributed by atoms with E-state index < -0.39 is 0 Å². The minimum Gasteiger partial charge on any atom is -0.383 e. The molecule has 0 unspecified atom stereocenters. The Labute approximate surface area is 152 Å². The van der Waals surface area contributed by atoms with Crippen LogP contribution in [-0.2, 0) is 17.0 Å². The van der Waals surface area contributed by atoms with Gasteiger partial charge in [0.15, 0.2) is 11.0 Å². The van der Waals surface area contributed by atoms with E-state index in [2.05, 4.69) is 51.8 Å². The van der Waals surface area contributed by atoms with Gasteiger partial charge in [0, 0.05) is 30.8 Å². The molecular formula is C19H22N4OS. The first-order valence-electron chi connectivity index (χ1n) is 8.20. The second kappa shape index (κ2) is 8.27. The smallest absolute Gasteiger partial charge is 0.191 e. The molecule has 0 saturated carbocycles. The zero-order valence-electron chi connectivity index (χ0n) is 14.8. The topological polar surface area (TPSA) is 52.8 Å². The highest BCUT2D eigenvalue weighted by Crippen LogP contribution is 2.26. The largest absolute Gasteiger partial charge is 0.383 e. The molecule has 0 saturated heterocycles. The molecule has 0 spiro atoms. The number of thioether (sulfide) groups is 1. The van der Waals surface area contributed by atoms with E-state index in [0.29, 0.717) is 6.61 Å². The van der Waals surface area contributed by atoms with E-state index in [9.17, 15) is 0 Å². The van der Waals surface area contributed by atoms with E-state index >= 15 is 0 Å². The minimum absolute atomic E-state index is 0.618. The first kappa shape index (κ1) is 17.6. The van der Waals surface area contributed by atoms with Crippen LogP contribution in [0.4, 0.5) is 0 Å². The quantitative estimate of drug-likeness (QED) is 0.602. The molecule has 2 heterocycles. The molecule has 130 valence electrons. The van der Waals surface area contributed by atoms with Crippen molar-refractivity contribution in [3.63, 3.8) is 0 Å². The van der Waals surface area contributed by atoms with Crippen molar-refractivity contribution in [3.05, 3.63) is 59.4 Å². The number of hydrogen-bond donors (Lipinski definition) is 0. The summed E-state index contributed by atoms with van der Waals surface area (Å²) in [7, 11) is 1.71. The predicted molar refractivity (Wildman–Crippen MR) is 101 cm³/mol. The standard InChI is InChI=1S/C19H22N4OS/c1-14-10-15(2)12-16(11-14)13-25-19-22-21-18(23(19)8-9-24-3)17-4-6-20-7-5-17/h4-7,10-12H,8-9,13H2,1-3H3. The lowest BCUT2D eigenvalue weighted by atomic mass is 10.1. The fraction of sp³-hybridized carbons (Fsp3) is 0.316. The summed E-state index contributed by atoms with van der Waals surface area (Å²) >= 11 is 1.70. The van der Waals surface area contributed by atoms with Crippen LogP contribution in [0.15, 0.2) is 47.9 Å². The summed E-state index contributed by atoms with van der Waals surface area (Å²) in [5.41, 5.74) is 4.88. The van der Waals surface area contributed by atoms with Gasteiger partial charge in [-0.1, -0.05) is 41.1 Å². The zero-order chi connectivity index (χ0) is 17.6. The molecule has 0 aliphatic rings. The molecule has 0 aliphatic heterocycles. The molecule has 0 radical (unpaired) electrons. The number of benzene rings is 1. The van der Waals surface area contributed by atoms with Crippen molar-refractivity contribution in [1.82, 2.24) is 19.7 Å². The van der Waals surface area contributed by atoms with Gasteiger partial charge in [-0.2, -0.15) is 0 Å². The number of rotatable bonds is 7. The van der Waals surface area contributed by atoms with Gasteiger partial charge in [-0.15, -0.1) is 10.2 Å². The average molecular weight is 354 g/mol. The van der Waals surface area contributed by atoms with E-state index in [-0.39, 0.29) is 0 Å². The lowest BCUT2D eigenvalue weighted by Crippen LogP contribution is -2.07. The Hall–Kier alpha value is -2.18. The van der Waals surface area contributed by atoms with Crippen LogP contribution >= 0.6 is 11.8 Å². The van der Waals surface area contributed by atoms with E-state index in [1.165, 1.54) is 16.7 Å². The van der Waals surface area contributed by atoms with Crippen molar-refractivity contribution in [1.29, 1.82) is 0 Å². The molecule has 0 bridgehead atoms. The van der Waals surface area contributed by atoms with Gasteiger partial charge in [-0.05, 0) is 31.5 Å². The molecular weight excluding hydrogens is 332 g/mol. The second-order valence-electron chi connectivity index (χ2n) is 5.97. The van der Waals surface area contributed by atoms with Crippen LogP contribution in [0.2, 0.25) is 0 Å². The predicted octanol–water partition coefficient (Wildman–Crippen LogP) is 3.90. The Morgan fingerprint density at radius 2 is 1.76 bits per heavy atom. The van der Waals surface area contributed by atoms with Crippen molar-refractivity contribution in [2.45, 2.75) is 31.3 Å². The van der Waals surface area contributed by atoms with Crippen molar-refractivity contribution in [2.75, 3.05) is 13.7 Å². The molecule has 2 aromatic heterocycles. The van der Waals surface area contributed by atoms with Gasteiger partial charge in [-0.3, -0.25) is 9.55 Å². The van der Waals surface area contributed by atoms with Crippen LogP contribution in [0.5, 0.6) is 0 Å². The van der Waals surface area contributed by atoms with Crippen LogP contribution in [0.3, 0.4) is 0 Å². The minimum atomic E-state index is 0.618. The molecule has 25 heavy (non-hydrogen) atoms. The average Bonchev–Trinajstić information content (AvgIpc) is 3.01. The van der Waals surface area contributed by atoms with Crippen LogP contribution in [0, 0.1) is 13.8 Å². The van der Waals surface area contributed by atoms with Crippen LogP contribution in [0.1, 0.15) is 16.7 Å². The van der Waals surface area contributed by atoms with Crippen molar-refractivity contribution >= 4 is 11.8 Å². The van der Waals surface area contributed by atoms with Crippen LogP contribution < -0.4 is 0 Å². The number of aromatic nitrogens is 4. The Bertz CT molecular complexity index is 812. The number of aryl methyl sites for hydroxylation is 2. The Kier molecular flexibility index (Phi) is 5.83. The number of ether oxygens (including phenoxy) is 1. The number of methoxy groups -OCH3 is 1. The third kappa shape index (κ3) is 4.46. The Balaban J connectivity index is 1.84. The highest BCUT2D eigenvalue weighted by Gasteiger charge is 2.14. The maximum atomic E-state index is 5.26. The first-order chi connectivity index (χ1) is 12.2. The summed E-state index contributed by atoms with van der Waals surface area (Å²) < 4.78 is 7.37. The molecule has 5 nitrogen and oxygen atoms in total. The second-order valence-corrected chi connectivity index (χ2v) is 6.91. The summed E-state index contributed by atoms with van der Waals surface area (Å²) in [6.45, 7) is 5.59. The fourth-order valence-electron chi connectivity index (χ4n) is 2.79. The van der Waals surface area contributed by atoms with Gasteiger partial charge < -0.3 is 4.74 Å². The van der Waals surface area contributed by atoms with E-state index in [0.717, 1.165) is 28.8 Å². The molecule has 3 rings (SSSR count). The number of nitrogens with zero attached hydrogens (tertiary/aromatic N) is 4. The summed E-state index contributed by atoms with van der Waals surface area (Å²) in [4.78, 5) is 4.07. The van der Waals surface area contributed by atoms with Crippen molar-refractivity contribution in [2.24, 2.45) is 0 Å². The molecule has 0 fully saturated rings. The van der Waals surface area contributed by atoms with Gasteiger partial charge in [0.1, 0.15) is 0 Å². The molecule has 6 heteroatoms. The van der Waals surface area contributed by atoms with Gasteiger partial charge >= 0.3 is 0 Å². The zero-order valence-corrected chi connectivity index (χ0v) is 15.6. The summed E-state index contributed by atoms with van der Waals surface area (Å²) in [5.74, 6) is 1.71. The van der Waals surface area contributed by atoms with E-state index in [4.69, 9.17) is 4.74 Å². The Morgan fingerprint density at radius 3 is 2.44 bits per heavy atom. The SMILES string of the molecule is COCCn1c(SCc2cc(C)cc(C)c2)nnc1-c1ccncc1. The van der Waals surface area contributed by atoms with E-state index in [1.807, 2.05) is 12.1 Å². The highest BCUT2D eigenvalue weighted by atomic mass is 32.2. The molecule has 1 aromatic carbocycles. The third-order valence-electron chi connectivity index (χ3n) is 3.82. The van der Waals surface area contributed by atoms with Gasteiger partial charge in [-0.25, -0.2) is 0 Å². The highest BCUT2D eigenvalue weighted by molar-refractivity contribution is 7.98. The summed E-state index contributed by atoms with van der Waals surface area (Å²) in [6.07, 6.45) is 3.54. The van der Waals surface area contributed by atoms with E-state index in [1.54, 1.807) is 31.3 Å². The van der Waals surface area contributed by atoms with Gasteiger partial charge in [0.25, 0.3) is 0 Å². The fourth-order valence-corrected chi connectivity index (χ4v) is 3.69. The third-order valence-corrected chi connectivity index (χ3v) is 4.86. The van der Waals surface area contributed by atoms with Crippen molar-refractivity contribution in [3.8, 4) is 11.4 Å². The normalized spacial score (nSPS) is 11.0. The molecule has 0 N–H and O–H groups in total. The monoisotopic (exact) mass is 354 g/mol. The lowest BCUT2D eigenvalue weighted by molar-refractivity contribution is 0.185. The van der Waals surface area contributed by atoms with Crippen LogP contribution in [0.25, 0.3) is 11.4 Å². The summed E-state index contributed by atoms with van der Waals surface area (Å²) in [6, 6.07) is 10.5. The van der Waals surface area contributed by atoms with Gasteiger partial charge in [0.2, 0.25) is 0 Å². The molecule has 0 aliphatic carbocycles. The summed E-state index contributed by atoms with van der Waals surface area (Å²) in [5, 5.41) is 9.71. The number of pyridine rings is 1.